The third-order valence-electron chi connectivity index (χ3n) is 3.81. The van der Waals surface area contributed by atoms with Crippen molar-refractivity contribution in [3.63, 3.8) is 0 Å². The average Bonchev–Trinajstić information content (AvgIpc) is 3.18. The summed E-state index contributed by atoms with van der Waals surface area (Å²) in [5, 5.41) is 6.67. The van der Waals surface area contributed by atoms with E-state index in [4.69, 9.17) is 25.6 Å². The van der Waals surface area contributed by atoms with Gasteiger partial charge in [0.05, 0.1) is 19.2 Å². The standard InChI is InChI=1S/C19H15ClF3N3O4/c1-28-16-7-14(30-26-16)9-24-17(27)12-6-15(11-2-4-13(20)5-3-11)18(25-8-12)29-10-19(21,22)23/h2-8H,9-10H2,1H3,(H,24,27). The minimum absolute atomic E-state index is 0.0256. The van der Waals surface area contributed by atoms with Crippen LogP contribution in [0.5, 0.6) is 11.8 Å². The first-order chi connectivity index (χ1) is 14.2. The van der Waals surface area contributed by atoms with Crippen LogP contribution >= 0.6 is 11.6 Å². The van der Waals surface area contributed by atoms with Crippen molar-refractivity contribution in [3.05, 3.63) is 58.9 Å². The van der Waals surface area contributed by atoms with Crippen molar-refractivity contribution >= 4 is 17.5 Å². The Labute approximate surface area is 173 Å². The molecule has 0 saturated carbocycles. The van der Waals surface area contributed by atoms with E-state index in [1.165, 1.54) is 19.2 Å². The van der Waals surface area contributed by atoms with Crippen LogP contribution in [0, 0.1) is 0 Å². The minimum Gasteiger partial charge on any atom is -0.479 e. The van der Waals surface area contributed by atoms with E-state index >= 15 is 0 Å². The first-order valence-electron chi connectivity index (χ1n) is 8.48. The maximum absolute atomic E-state index is 12.6. The highest BCUT2D eigenvalue weighted by Gasteiger charge is 2.29. The molecule has 0 aliphatic heterocycles. The summed E-state index contributed by atoms with van der Waals surface area (Å²) in [6.07, 6.45) is -3.41. The molecule has 0 atom stereocenters. The molecule has 0 aliphatic rings. The van der Waals surface area contributed by atoms with Crippen LogP contribution in [0.25, 0.3) is 11.1 Å². The monoisotopic (exact) mass is 441 g/mol. The summed E-state index contributed by atoms with van der Waals surface area (Å²) in [5.74, 6) is -0.157. The topological polar surface area (TPSA) is 86.5 Å². The minimum atomic E-state index is -4.53. The molecule has 30 heavy (non-hydrogen) atoms. The van der Waals surface area contributed by atoms with Gasteiger partial charge in [-0.25, -0.2) is 4.98 Å². The highest BCUT2D eigenvalue weighted by atomic mass is 35.5. The second kappa shape index (κ2) is 9.04. The number of rotatable bonds is 7. The summed E-state index contributed by atoms with van der Waals surface area (Å²) >= 11 is 5.87. The predicted octanol–water partition coefficient (Wildman–Crippen LogP) is 4.27. The molecule has 0 saturated heterocycles. The lowest BCUT2D eigenvalue weighted by Crippen LogP contribution is -2.23. The van der Waals surface area contributed by atoms with E-state index in [1.54, 1.807) is 24.3 Å². The smallest absolute Gasteiger partial charge is 0.422 e. The molecule has 0 aliphatic carbocycles. The van der Waals surface area contributed by atoms with Gasteiger partial charge in [0.2, 0.25) is 5.88 Å². The number of aromatic nitrogens is 2. The Morgan fingerprint density at radius 2 is 1.97 bits per heavy atom. The number of hydrogen-bond acceptors (Lipinski definition) is 6. The molecule has 1 amide bonds. The maximum Gasteiger partial charge on any atom is 0.422 e. The quantitative estimate of drug-likeness (QED) is 0.589. The van der Waals surface area contributed by atoms with Crippen molar-refractivity contribution in [3.8, 4) is 22.9 Å². The lowest BCUT2D eigenvalue weighted by Gasteiger charge is -2.13. The molecule has 0 fully saturated rings. The molecule has 0 radical (unpaired) electrons. The van der Waals surface area contributed by atoms with Crippen LogP contribution in [0.4, 0.5) is 13.2 Å². The number of ether oxygens (including phenoxy) is 2. The van der Waals surface area contributed by atoms with Gasteiger partial charge in [-0.15, -0.1) is 0 Å². The number of nitrogens with zero attached hydrogens (tertiary/aromatic N) is 2. The highest BCUT2D eigenvalue weighted by molar-refractivity contribution is 6.30. The van der Waals surface area contributed by atoms with Gasteiger partial charge in [-0.05, 0) is 28.9 Å². The highest BCUT2D eigenvalue weighted by Crippen LogP contribution is 2.31. The second-order valence-corrected chi connectivity index (χ2v) is 6.44. The molecular formula is C19H15ClF3N3O4. The molecule has 0 bridgehead atoms. The summed E-state index contributed by atoms with van der Waals surface area (Å²) in [7, 11) is 1.42. The molecule has 3 rings (SSSR count). The van der Waals surface area contributed by atoms with Crippen LogP contribution in [0.1, 0.15) is 16.1 Å². The number of carbonyl (C=O) groups excluding carboxylic acids is 1. The Balaban J connectivity index is 1.83. The van der Waals surface area contributed by atoms with Crippen molar-refractivity contribution in [1.29, 1.82) is 0 Å². The molecule has 158 valence electrons. The number of alkyl halides is 3. The van der Waals surface area contributed by atoms with Gasteiger partial charge in [0.25, 0.3) is 11.8 Å². The number of nitrogens with one attached hydrogen (secondary N) is 1. The van der Waals surface area contributed by atoms with E-state index in [-0.39, 0.29) is 29.4 Å². The van der Waals surface area contributed by atoms with Gasteiger partial charge in [0, 0.05) is 22.8 Å². The van der Waals surface area contributed by atoms with Crippen molar-refractivity contribution in [2.24, 2.45) is 0 Å². The summed E-state index contributed by atoms with van der Waals surface area (Å²) in [6.45, 7) is -1.49. The summed E-state index contributed by atoms with van der Waals surface area (Å²) in [4.78, 5) is 16.4. The zero-order valence-corrected chi connectivity index (χ0v) is 16.3. The van der Waals surface area contributed by atoms with Gasteiger partial charge in [-0.3, -0.25) is 4.79 Å². The van der Waals surface area contributed by atoms with Gasteiger partial charge in [0.15, 0.2) is 12.4 Å². The molecule has 11 heteroatoms. The Kier molecular flexibility index (Phi) is 6.46. The van der Waals surface area contributed by atoms with Gasteiger partial charge in [0.1, 0.15) is 0 Å². The fraction of sp³-hybridized carbons (Fsp3) is 0.211. The van der Waals surface area contributed by atoms with Crippen molar-refractivity contribution < 1.29 is 32.0 Å². The van der Waals surface area contributed by atoms with Crippen LogP contribution in [-0.4, -0.2) is 35.9 Å². The molecule has 7 nitrogen and oxygen atoms in total. The Hall–Kier alpha value is -3.27. The zero-order chi connectivity index (χ0) is 21.7. The lowest BCUT2D eigenvalue weighted by molar-refractivity contribution is -0.154. The Morgan fingerprint density at radius 1 is 1.23 bits per heavy atom. The van der Waals surface area contributed by atoms with Gasteiger partial charge < -0.3 is 19.3 Å². The molecule has 2 heterocycles. The van der Waals surface area contributed by atoms with Gasteiger partial charge in [-0.2, -0.15) is 13.2 Å². The predicted molar refractivity (Wildman–Crippen MR) is 100 cm³/mol. The van der Waals surface area contributed by atoms with E-state index in [1.807, 2.05) is 0 Å². The van der Waals surface area contributed by atoms with Crippen molar-refractivity contribution in [2.75, 3.05) is 13.7 Å². The number of halogens is 4. The van der Waals surface area contributed by atoms with E-state index < -0.39 is 18.7 Å². The number of benzene rings is 1. The van der Waals surface area contributed by atoms with E-state index in [0.29, 0.717) is 16.3 Å². The number of methoxy groups -OCH3 is 1. The molecule has 0 spiro atoms. The van der Waals surface area contributed by atoms with Gasteiger partial charge >= 0.3 is 6.18 Å². The van der Waals surface area contributed by atoms with Crippen molar-refractivity contribution in [2.45, 2.75) is 12.7 Å². The number of hydrogen-bond donors (Lipinski definition) is 1. The van der Waals surface area contributed by atoms with E-state index in [0.717, 1.165) is 6.20 Å². The number of pyridine rings is 1. The third kappa shape index (κ3) is 5.63. The molecule has 0 unspecified atom stereocenters. The van der Waals surface area contributed by atoms with Gasteiger partial charge in [-0.1, -0.05) is 23.7 Å². The molecule has 2 aromatic heterocycles. The first-order valence-corrected chi connectivity index (χ1v) is 8.86. The summed E-state index contributed by atoms with van der Waals surface area (Å²) < 4.78 is 52.4. The van der Waals surface area contributed by atoms with E-state index in [9.17, 15) is 18.0 Å². The van der Waals surface area contributed by atoms with Crippen LogP contribution < -0.4 is 14.8 Å². The summed E-state index contributed by atoms with van der Waals surface area (Å²) in [5.41, 5.74) is 0.814. The Morgan fingerprint density at radius 3 is 2.60 bits per heavy atom. The fourth-order valence-electron chi connectivity index (χ4n) is 2.42. The number of carbonyl (C=O) groups is 1. The summed E-state index contributed by atoms with van der Waals surface area (Å²) in [6, 6.07) is 9.19. The van der Waals surface area contributed by atoms with E-state index in [2.05, 4.69) is 15.5 Å². The number of amides is 1. The van der Waals surface area contributed by atoms with Crippen LogP contribution in [0.15, 0.2) is 47.1 Å². The molecule has 1 N–H and O–H groups in total. The zero-order valence-electron chi connectivity index (χ0n) is 15.5. The average molecular weight is 442 g/mol. The van der Waals surface area contributed by atoms with Crippen LogP contribution in [-0.2, 0) is 6.54 Å². The first kappa shape index (κ1) is 21.4. The SMILES string of the molecule is COc1cc(CNC(=O)c2cnc(OCC(F)(F)F)c(-c3ccc(Cl)cc3)c2)on1. The fourth-order valence-corrected chi connectivity index (χ4v) is 2.55. The van der Waals surface area contributed by atoms with Crippen LogP contribution in [0.3, 0.4) is 0 Å². The normalized spacial score (nSPS) is 11.2. The maximum atomic E-state index is 12.6. The second-order valence-electron chi connectivity index (χ2n) is 6.01. The largest absolute Gasteiger partial charge is 0.479 e. The van der Waals surface area contributed by atoms with Crippen molar-refractivity contribution in [1.82, 2.24) is 15.5 Å². The molecular weight excluding hydrogens is 427 g/mol. The molecule has 1 aromatic carbocycles. The third-order valence-corrected chi connectivity index (χ3v) is 4.06. The Bertz CT molecular complexity index is 1020. The molecule has 3 aromatic rings. The lowest BCUT2D eigenvalue weighted by atomic mass is 10.0. The van der Waals surface area contributed by atoms with Crippen LogP contribution in [0.2, 0.25) is 5.02 Å².